The minimum Gasteiger partial charge on any atom is -0.352 e. The highest BCUT2D eigenvalue weighted by Gasteiger charge is 2.47. The number of carbonyl (C=O) groups excluding carboxylic acids is 1. The maximum Gasteiger partial charge on any atom is 0.237 e. The van der Waals surface area contributed by atoms with E-state index in [1.807, 2.05) is 0 Å². The Hall–Kier alpha value is -0.570. The zero-order valence-electron chi connectivity index (χ0n) is 8.46. The quantitative estimate of drug-likeness (QED) is 0.682. The Bertz CT molecular complexity index is 238. The zero-order chi connectivity index (χ0) is 9.54. The lowest BCUT2D eigenvalue weighted by atomic mass is 10.1. The predicted octanol–water partition coefficient (Wildman–Crippen LogP) is 0.796. The van der Waals surface area contributed by atoms with Gasteiger partial charge in [-0.25, -0.2) is 0 Å². The molecular weight excluding hydrogens is 176 g/mol. The Labute approximate surface area is 84.6 Å². The largest absolute Gasteiger partial charge is 0.352 e. The first-order valence-electron chi connectivity index (χ1n) is 5.89. The van der Waals surface area contributed by atoms with Gasteiger partial charge in [0, 0.05) is 12.1 Å². The molecule has 0 unspecified atom stereocenters. The molecule has 3 fully saturated rings. The van der Waals surface area contributed by atoms with Crippen LogP contribution in [0.15, 0.2) is 0 Å². The van der Waals surface area contributed by atoms with E-state index in [9.17, 15) is 4.79 Å². The van der Waals surface area contributed by atoms with Gasteiger partial charge < -0.3 is 10.6 Å². The molecule has 1 heterocycles. The summed E-state index contributed by atoms with van der Waals surface area (Å²) >= 11 is 0. The standard InChI is InChI=1S/C11H18N2O/c14-11(12-8-3-1-2-4-8)10-6-7-5-9(7)13-10/h7-10,13H,1-6H2,(H,12,14)/t7-,9-,10-/m0/s1. The van der Waals surface area contributed by atoms with Crippen molar-refractivity contribution in [1.29, 1.82) is 0 Å². The first kappa shape index (κ1) is 8.72. The van der Waals surface area contributed by atoms with Crippen molar-refractivity contribution < 1.29 is 4.79 Å². The Morgan fingerprint density at radius 2 is 2.00 bits per heavy atom. The highest BCUT2D eigenvalue weighted by molar-refractivity contribution is 5.82. The molecule has 2 saturated carbocycles. The van der Waals surface area contributed by atoms with Gasteiger partial charge in [-0.2, -0.15) is 0 Å². The topological polar surface area (TPSA) is 41.1 Å². The van der Waals surface area contributed by atoms with Crippen molar-refractivity contribution in [2.24, 2.45) is 5.92 Å². The summed E-state index contributed by atoms with van der Waals surface area (Å²) in [5.41, 5.74) is 0. The molecular formula is C11H18N2O. The molecule has 78 valence electrons. The minimum atomic E-state index is 0.124. The van der Waals surface area contributed by atoms with Crippen molar-refractivity contribution in [3.05, 3.63) is 0 Å². The van der Waals surface area contributed by atoms with Crippen LogP contribution in [-0.2, 0) is 4.79 Å². The number of carbonyl (C=O) groups is 1. The number of nitrogens with one attached hydrogen (secondary N) is 2. The lowest BCUT2D eigenvalue weighted by molar-refractivity contribution is -0.123. The molecule has 14 heavy (non-hydrogen) atoms. The molecule has 0 spiro atoms. The van der Waals surface area contributed by atoms with Gasteiger partial charge in [0.25, 0.3) is 0 Å². The molecule has 2 N–H and O–H groups in total. The number of piperidine rings is 1. The van der Waals surface area contributed by atoms with E-state index in [1.54, 1.807) is 0 Å². The molecule has 0 bridgehead atoms. The first-order valence-corrected chi connectivity index (χ1v) is 5.89. The molecule has 1 saturated heterocycles. The number of hydrogen-bond acceptors (Lipinski definition) is 2. The average Bonchev–Trinajstić information content (AvgIpc) is 2.68. The molecule has 2 aliphatic carbocycles. The van der Waals surface area contributed by atoms with Crippen LogP contribution in [0, 0.1) is 5.92 Å². The van der Waals surface area contributed by atoms with Crippen LogP contribution in [0.5, 0.6) is 0 Å². The number of fused-ring (bicyclic) bond motifs is 1. The third kappa shape index (κ3) is 1.54. The SMILES string of the molecule is O=C(NC1CCCC1)[C@@H]1C[C@@H]2C[C@@H]2N1. The Morgan fingerprint density at radius 3 is 2.64 bits per heavy atom. The van der Waals surface area contributed by atoms with Crippen LogP contribution in [0.3, 0.4) is 0 Å². The van der Waals surface area contributed by atoms with E-state index >= 15 is 0 Å². The van der Waals surface area contributed by atoms with E-state index in [0.717, 1.165) is 12.3 Å². The second-order valence-electron chi connectivity index (χ2n) is 5.05. The van der Waals surface area contributed by atoms with Gasteiger partial charge in [0.2, 0.25) is 5.91 Å². The minimum absolute atomic E-state index is 0.124. The third-order valence-electron chi connectivity index (χ3n) is 3.89. The van der Waals surface area contributed by atoms with Crippen LogP contribution in [-0.4, -0.2) is 24.0 Å². The van der Waals surface area contributed by atoms with E-state index in [-0.39, 0.29) is 11.9 Å². The normalized spacial score (nSPS) is 41.0. The third-order valence-corrected chi connectivity index (χ3v) is 3.89. The second-order valence-corrected chi connectivity index (χ2v) is 5.05. The predicted molar refractivity (Wildman–Crippen MR) is 53.8 cm³/mol. The molecule has 1 amide bonds. The van der Waals surface area contributed by atoms with Gasteiger partial charge in [-0.1, -0.05) is 12.8 Å². The van der Waals surface area contributed by atoms with E-state index in [2.05, 4.69) is 10.6 Å². The van der Waals surface area contributed by atoms with Gasteiger partial charge in [-0.3, -0.25) is 4.79 Å². The fraction of sp³-hybridized carbons (Fsp3) is 0.909. The highest BCUT2D eigenvalue weighted by atomic mass is 16.2. The monoisotopic (exact) mass is 194 g/mol. The molecule has 3 nitrogen and oxygen atoms in total. The number of rotatable bonds is 2. The molecule has 0 aromatic rings. The molecule has 0 aromatic carbocycles. The lowest BCUT2D eigenvalue weighted by Crippen LogP contribution is -2.45. The van der Waals surface area contributed by atoms with Crippen molar-refractivity contribution in [2.75, 3.05) is 0 Å². The maximum absolute atomic E-state index is 11.8. The molecule has 3 heteroatoms. The molecule has 0 aromatic heterocycles. The van der Waals surface area contributed by atoms with Crippen LogP contribution in [0.2, 0.25) is 0 Å². The highest BCUT2D eigenvalue weighted by Crippen LogP contribution is 2.40. The van der Waals surface area contributed by atoms with Crippen LogP contribution in [0.1, 0.15) is 38.5 Å². The maximum atomic E-state index is 11.8. The Morgan fingerprint density at radius 1 is 1.21 bits per heavy atom. The van der Waals surface area contributed by atoms with E-state index in [0.29, 0.717) is 12.1 Å². The summed E-state index contributed by atoms with van der Waals surface area (Å²) in [6.07, 6.45) is 7.32. The van der Waals surface area contributed by atoms with Crippen LogP contribution in [0.4, 0.5) is 0 Å². The summed E-state index contributed by atoms with van der Waals surface area (Å²) in [5.74, 6) is 1.07. The zero-order valence-corrected chi connectivity index (χ0v) is 8.46. The summed E-state index contributed by atoms with van der Waals surface area (Å²) < 4.78 is 0. The van der Waals surface area contributed by atoms with Crippen LogP contribution in [0.25, 0.3) is 0 Å². The molecule has 0 radical (unpaired) electrons. The van der Waals surface area contributed by atoms with E-state index in [4.69, 9.17) is 0 Å². The summed E-state index contributed by atoms with van der Waals surface area (Å²) in [4.78, 5) is 11.8. The number of hydrogen-bond donors (Lipinski definition) is 2. The van der Waals surface area contributed by atoms with E-state index in [1.165, 1.54) is 32.1 Å². The van der Waals surface area contributed by atoms with Crippen molar-refractivity contribution in [3.63, 3.8) is 0 Å². The van der Waals surface area contributed by atoms with Crippen LogP contribution < -0.4 is 10.6 Å². The van der Waals surface area contributed by atoms with Crippen molar-refractivity contribution in [2.45, 2.75) is 56.7 Å². The van der Waals surface area contributed by atoms with Gasteiger partial charge in [0.1, 0.15) is 0 Å². The molecule has 1 aliphatic heterocycles. The van der Waals surface area contributed by atoms with Gasteiger partial charge in [0.05, 0.1) is 6.04 Å². The fourth-order valence-corrected chi connectivity index (χ4v) is 2.90. The van der Waals surface area contributed by atoms with Gasteiger partial charge >= 0.3 is 0 Å². The Kier molecular flexibility index (Phi) is 2.01. The van der Waals surface area contributed by atoms with Crippen molar-refractivity contribution >= 4 is 5.91 Å². The van der Waals surface area contributed by atoms with Gasteiger partial charge in [-0.15, -0.1) is 0 Å². The summed E-state index contributed by atoms with van der Waals surface area (Å²) in [6.45, 7) is 0. The smallest absolute Gasteiger partial charge is 0.237 e. The van der Waals surface area contributed by atoms with Gasteiger partial charge in [-0.05, 0) is 31.6 Å². The van der Waals surface area contributed by atoms with Crippen LogP contribution >= 0.6 is 0 Å². The molecule has 3 atom stereocenters. The van der Waals surface area contributed by atoms with Crippen molar-refractivity contribution in [1.82, 2.24) is 10.6 Å². The fourth-order valence-electron chi connectivity index (χ4n) is 2.90. The van der Waals surface area contributed by atoms with Crippen molar-refractivity contribution in [3.8, 4) is 0 Å². The summed E-state index contributed by atoms with van der Waals surface area (Å²) in [5, 5.41) is 6.55. The molecule has 3 rings (SSSR count). The number of amides is 1. The van der Waals surface area contributed by atoms with E-state index < -0.39 is 0 Å². The average molecular weight is 194 g/mol. The summed E-state index contributed by atoms with van der Waals surface area (Å²) in [6, 6.07) is 1.27. The first-order chi connectivity index (χ1) is 6.83. The Balaban J connectivity index is 1.50. The second kappa shape index (κ2) is 3.23. The van der Waals surface area contributed by atoms with Gasteiger partial charge in [0.15, 0.2) is 0 Å². The lowest BCUT2D eigenvalue weighted by Gasteiger charge is -2.17. The molecule has 3 aliphatic rings. The summed E-state index contributed by atoms with van der Waals surface area (Å²) in [7, 11) is 0.